The molecule has 122 valence electrons. The van der Waals surface area contributed by atoms with Gasteiger partial charge >= 0.3 is 6.09 Å². The number of halogens is 1. The van der Waals surface area contributed by atoms with E-state index in [0.717, 1.165) is 0 Å². The molecule has 2 aromatic rings. The second-order valence-corrected chi connectivity index (χ2v) is 5.96. The maximum absolute atomic E-state index is 14.3. The Morgan fingerprint density at radius 2 is 1.91 bits per heavy atom. The summed E-state index contributed by atoms with van der Waals surface area (Å²) in [4.78, 5) is 18.5. The highest BCUT2D eigenvalue weighted by Crippen LogP contribution is 2.28. The Bertz CT molecular complexity index is 756. The number of fused-ring (bicyclic) bond motifs is 1. The van der Waals surface area contributed by atoms with Gasteiger partial charge in [0.15, 0.2) is 5.82 Å². The van der Waals surface area contributed by atoms with Gasteiger partial charge in [-0.25, -0.2) is 14.2 Å². The monoisotopic (exact) mass is 319 g/mol. The van der Waals surface area contributed by atoms with Crippen molar-refractivity contribution in [2.24, 2.45) is 0 Å². The fraction of sp³-hybridized carbons (Fsp3) is 0.375. The van der Waals surface area contributed by atoms with Crippen molar-refractivity contribution >= 4 is 22.7 Å². The molecule has 0 spiro atoms. The summed E-state index contributed by atoms with van der Waals surface area (Å²) in [5.41, 5.74) is 0.810. The summed E-state index contributed by atoms with van der Waals surface area (Å²) in [5.74, 6) is -0.726. The van der Waals surface area contributed by atoms with Gasteiger partial charge in [-0.15, -0.1) is 0 Å². The van der Waals surface area contributed by atoms with Gasteiger partial charge in [-0.05, 0) is 32.0 Å². The van der Waals surface area contributed by atoms with Crippen molar-refractivity contribution in [2.45, 2.75) is 25.9 Å². The molecule has 1 amide bonds. The van der Waals surface area contributed by atoms with Crippen LogP contribution in [0.4, 0.5) is 14.9 Å². The summed E-state index contributed by atoms with van der Waals surface area (Å²) in [6.07, 6.45) is -0.936. The van der Waals surface area contributed by atoms with E-state index in [-0.39, 0.29) is 23.5 Å². The molecule has 3 rings (SSSR count). The molecular weight excluding hydrogens is 301 g/mol. The van der Waals surface area contributed by atoms with Gasteiger partial charge in [0.2, 0.25) is 5.88 Å². The molecule has 7 heteroatoms. The summed E-state index contributed by atoms with van der Waals surface area (Å²) < 4.78 is 14.3. The number of hydrogen-bond donors (Lipinski definition) is 2. The summed E-state index contributed by atoms with van der Waals surface area (Å²) in [7, 11) is 0. The molecule has 1 aromatic heterocycles. The second-order valence-electron chi connectivity index (χ2n) is 5.96. The van der Waals surface area contributed by atoms with Gasteiger partial charge in [0.1, 0.15) is 5.52 Å². The molecule has 0 unspecified atom stereocenters. The zero-order valence-corrected chi connectivity index (χ0v) is 12.9. The average Bonchev–Trinajstić information content (AvgIpc) is 2.46. The maximum Gasteiger partial charge on any atom is 0.407 e. The molecule has 1 saturated heterocycles. The quantitative estimate of drug-likeness (QED) is 0.845. The number of rotatable bonds is 1. The highest BCUT2D eigenvalue weighted by Gasteiger charge is 2.33. The zero-order chi connectivity index (χ0) is 16.7. The third kappa shape index (κ3) is 2.74. The zero-order valence-electron chi connectivity index (χ0n) is 12.9. The van der Waals surface area contributed by atoms with E-state index in [9.17, 15) is 19.4 Å². The molecule has 2 heterocycles. The van der Waals surface area contributed by atoms with Crippen LogP contribution in [0.3, 0.4) is 0 Å². The molecule has 2 N–H and O–H groups in total. The van der Waals surface area contributed by atoms with Gasteiger partial charge in [-0.1, -0.05) is 0 Å². The van der Waals surface area contributed by atoms with Crippen LogP contribution in [0.15, 0.2) is 24.3 Å². The van der Waals surface area contributed by atoms with Crippen LogP contribution in [0, 0.1) is 5.82 Å². The van der Waals surface area contributed by atoms with Crippen molar-refractivity contribution < 1.29 is 19.4 Å². The third-order valence-electron chi connectivity index (χ3n) is 4.22. The minimum atomic E-state index is -0.936. The van der Waals surface area contributed by atoms with Crippen molar-refractivity contribution in [1.29, 1.82) is 0 Å². The summed E-state index contributed by atoms with van der Waals surface area (Å²) in [6.45, 7) is 4.67. The lowest BCUT2D eigenvalue weighted by Gasteiger charge is -2.44. The Labute approximate surface area is 132 Å². The molecular formula is C16H18FN3O3. The first-order chi connectivity index (χ1) is 10.9. The van der Waals surface area contributed by atoms with Gasteiger partial charge in [0, 0.05) is 30.2 Å². The summed E-state index contributed by atoms with van der Waals surface area (Å²) in [5, 5.41) is 19.2. The Morgan fingerprint density at radius 3 is 2.52 bits per heavy atom. The van der Waals surface area contributed by atoms with Crippen LogP contribution in [-0.4, -0.2) is 51.4 Å². The van der Waals surface area contributed by atoms with E-state index in [1.807, 2.05) is 18.7 Å². The number of carbonyl (C=O) groups is 1. The molecule has 2 atom stereocenters. The molecule has 23 heavy (non-hydrogen) atoms. The molecule has 0 bridgehead atoms. The lowest BCUT2D eigenvalue weighted by Crippen LogP contribution is -2.58. The Kier molecular flexibility index (Phi) is 3.71. The van der Waals surface area contributed by atoms with Crippen molar-refractivity contribution in [2.75, 3.05) is 18.0 Å². The number of pyridine rings is 1. The Hall–Kier alpha value is -2.57. The predicted molar refractivity (Wildman–Crippen MR) is 84.4 cm³/mol. The van der Waals surface area contributed by atoms with Gasteiger partial charge in [0.05, 0.1) is 12.1 Å². The second kappa shape index (κ2) is 5.57. The van der Waals surface area contributed by atoms with Crippen molar-refractivity contribution in [1.82, 2.24) is 9.88 Å². The minimum absolute atomic E-state index is 0.124. The number of hydrogen-bond acceptors (Lipinski definition) is 4. The third-order valence-corrected chi connectivity index (χ3v) is 4.22. The Morgan fingerprint density at radius 1 is 1.26 bits per heavy atom. The highest BCUT2D eigenvalue weighted by molar-refractivity contribution is 5.84. The van der Waals surface area contributed by atoms with Crippen LogP contribution in [0.2, 0.25) is 0 Å². The van der Waals surface area contributed by atoms with Crippen molar-refractivity contribution in [3.8, 4) is 5.88 Å². The molecule has 1 fully saturated rings. The molecule has 1 aliphatic rings. The van der Waals surface area contributed by atoms with Crippen LogP contribution >= 0.6 is 0 Å². The van der Waals surface area contributed by atoms with Gasteiger partial charge in [-0.3, -0.25) is 4.90 Å². The fourth-order valence-corrected chi connectivity index (χ4v) is 3.26. The van der Waals surface area contributed by atoms with Crippen LogP contribution in [-0.2, 0) is 0 Å². The Balaban J connectivity index is 1.95. The number of piperazine rings is 1. The standard InChI is InChI=1S/C16H18FN3O3/c1-9-7-19(8-10(2)20(9)16(22)23)12-5-11-3-4-14(21)18-15(11)13(17)6-12/h3-6,9-10H,7-8H2,1-2H3,(H,18,21)(H,22,23)/t9-,10-/m0/s1. The number of amides is 1. The topological polar surface area (TPSA) is 76.9 Å². The highest BCUT2D eigenvalue weighted by atomic mass is 19.1. The van der Waals surface area contributed by atoms with Crippen LogP contribution in [0.25, 0.3) is 10.9 Å². The van der Waals surface area contributed by atoms with E-state index in [1.54, 1.807) is 12.1 Å². The number of aromatic hydroxyl groups is 1. The van der Waals surface area contributed by atoms with Gasteiger partial charge in [-0.2, -0.15) is 0 Å². The van der Waals surface area contributed by atoms with Crippen LogP contribution < -0.4 is 4.90 Å². The van der Waals surface area contributed by atoms with E-state index in [4.69, 9.17) is 0 Å². The lowest BCUT2D eigenvalue weighted by atomic mass is 10.1. The SMILES string of the molecule is C[C@H]1CN(c2cc(F)c3nc(O)ccc3c2)C[C@H](C)N1C(=O)O. The molecule has 1 aromatic carbocycles. The van der Waals surface area contributed by atoms with E-state index in [2.05, 4.69) is 4.98 Å². The van der Waals surface area contributed by atoms with Crippen LogP contribution in [0.5, 0.6) is 5.88 Å². The molecule has 6 nitrogen and oxygen atoms in total. The van der Waals surface area contributed by atoms with Gasteiger partial charge < -0.3 is 15.1 Å². The number of benzene rings is 1. The number of carboxylic acid groups (broad SMARTS) is 1. The number of nitrogens with zero attached hydrogens (tertiary/aromatic N) is 3. The number of aromatic nitrogens is 1. The molecule has 0 radical (unpaired) electrons. The summed E-state index contributed by atoms with van der Waals surface area (Å²) >= 11 is 0. The first-order valence-corrected chi connectivity index (χ1v) is 7.42. The smallest absolute Gasteiger partial charge is 0.407 e. The molecule has 0 saturated carbocycles. The first-order valence-electron chi connectivity index (χ1n) is 7.42. The first kappa shape index (κ1) is 15.3. The van der Waals surface area contributed by atoms with E-state index >= 15 is 0 Å². The van der Waals surface area contributed by atoms with Gasteiger partial charge in [0.25, 0.3) is 0 Å². The average molecular weight is 319 g/mol. The maximum atomic E-state index is 14.3. The number of anilines is 1. The molecule has 1 aliphatic heterocycles. The van der Waals surface area contributed by atoms with Crippen molar-refractivity contribution in [3.63, 3.8) is 0 Å². The normalized spacial score (nSPS) is 21.7. The van der Waals surface area contributed by atoms with Crippen LogP contribution in [0.1, 0.15) is 13.8 Å². The van der Waals surface area contributed by atoms with Crippen molar-refractivity contribution in [3.05, 3.63) is 30.1 Å². The minimum Gasteiger partial charge on any atom is -0.493 e. The predicted octanol–water partition coefficient (Wildman–Crippen LogP) is 2.66. The molecule has 0 aliphatic carbocycles. The summed E-state index contributed by atoms with van der Waals surface area (Å²) in [6, 6.07) is 5.84. The largest absolute Gasteiger partial charge is 0.493 e. The van der Waals surface area contributed by atoms with E-state index in [1.165, 1.54) is 17.0 Å². The van der Waals surface area contributed by atoms with E-state index in [0.29, 0.717) is 24.2 Å². The lowest BCUT2D eigenvalue weighted by molar-refractivity contribution is 0.0982. The van der Waals surface area contributed by atoms with E-state index < -0.39 is 11.9 Å². The fourth-order valence-electron chi connectivity index (χ4n) is 3.26.